The van der Waals surface area contributed by atoms with Crippen molar-refractivity contribution >= 4 is 21.7 Å². The number of hydrogen-bond acceptors (Lipinski definition) is 3. The first kappa shape index (κ1) is 14.5. The van der Waals surface area contributed by atoms with Crippen molar-refractivity contribution in [2.24, 2.45) is 0 Å². The second-order valence-corrected chi connectivity index (χ2v) is 6.83. The highest BCUT2D eigenvalue weighted by Gasteiger charge is 2.30. The molecule has 0 unspecified atom stereocenters. The molecule has 0 spiro atoms. The molecular weight excluding hydrogens is 352 g/mol. The number of benzene rings is 1. The van der Waals surface area contributed by atoms with Crippen LogP contribution in [-0.4, -0.2) is 20.6 Å². The van der Waals surface area contributed by atoms with Crippen LogP contribution in [0.1, 0.15) is 24.3 Å². The van der Waals surface area contributed by atoms with Crippen LogP contribution in [-0.2, 0) is 0 Å². The SMILES string of the molecule is Brc1ccc(C2CC(Nc3cccc(-n4ccnc4)n3)C2)cc1. The zero-order valence-electron chi connectivity index (χ0n) is 12.6. The van der Waals surface area contributed by atoms with E-state index in [0.29, 0.717) is 12.0 Å². The Labute approximate surface area is 143 Å². The maximum Gasteiger partial charge on any atom is 0.140 e. The van der Waals surface area contributed by atoms with Gasteiger partial charge in [-0.05, 0) is 48.6 Å². The van der Waals surface area contributed by atoms with E-state index < -0.39 is 0 Å². The molecule has 5 heteroatoms. The molecule has 0 aliphatic heterocycles. The Morgan fingerprint density at radius 1 is 1.09 bits per heavy atom. The van der Waals surface area contributed by atoms with Gasteiger partial charge in [-0.2, -0.15) is 0 Å². The van der Waals surface area contributed by atoms with Crippen molar-refractivity contribution in [2.45, 2.75) is 24.8 Å². The lowest BCUT2D eigenvalue weighted by molar-refractivity contribution is 0.373. The molecule has 0 radical (unpaired) electrons. The van der Waals surface area contributed by atoms with Gasteiger partial charge in [-0.15, -0.1) is 0 Å². The number of pyridine rings is 1. The molecule has 1 N–H and O–H groups in total. The molecule has 4 nitrogen and oxygen atoms in total. The van der Waals surface area contributed by atoms with E-state index >= 15 is 0 Å². The van der Waals surface area contributed by atoms with Crippen LogP contribution in [0.4, 0.5) is 5.82 Å². The minimum absolute atomic E-state index is 0.495. The number of anilines is 1. The summed E-state index contributed by atoms with van der Waals surface area (Å²) in [5, 5.41) is 3.54. The molecule has 4 rings (SSSR count). The Morgan fingerprint density at radius 2 is 1.91 bits per heavy atom. The molecule has 1 saturated carbocycles. The number of halogens is 1. The van der Waals surface area contributed by atoms with Gasteiger partial charge in [0.05, 0.1) is 0 Å². The molecule has 0 bridgehead atoms. The molecule has 0 amide bonds. The number of rotatable bonds is 4. The van der Waals surface area contributed by atoms with E-state index in [4.69, 9.17) is 0 Å². The largest absolute Gasteiger partial charge is 0.367 e. The monoisotopic (exact) mass is 368 g/mol. The van der Waals surface area contributed by atoms with Gasteiger partial charge in [0.1, 0.15) is 18.0 Å². The number of imidazole rings is 1. The fourth-order valence-electron chi connectivity index (χ4n) is 2.99. The molecule has 1 fully saturated rings. The minimum atomic E-state index is 0.495. The minimum Gasteiger partial charge on any atom is -0.367 e. The van der Waals surface area contributed by atoms with Gasteiger partial charge in [0.2, 0.25) is 0 Å². The predicted octanol–water partition coefficient (Wildman–Crippen LogP) is 4.39. The third-order valence-corrected chi connectivity index (χ3v) is 4.86. The lowest BCUT2D eigenvalue weighted by Crippen LogP contribution is -2.34. The summed E-state index contributed by atoms with van der Waals surface area (Å²) < 4.78 is 3.05. The van der Waals surface area contributed by atoms with Crippen LogP contribution < -0.4 is 5.32 Å². The van der Waals surface area contributed by atoms with Crippen LogP contribution in [0.25, 0.3) is 5.82 Å². The van der Waals surface area contributed by atoms with Gasteiger partial charge >= 0.3 is 0 Å². The average Bonchev–Trinajstić information content (AvgIpc) is 3.06. The quantitative estimate of drug-likeness (QED) is 0.742. The van der Waals surface area contributed by atoms with Crippen molar-refractivity contribution in [1.29, 1.82) is 0 Å². The third-order valence-electron chi connectivity index (χ3n) is 4.33. The lowest BCUT2D eigenvalue weighted by Gasteiger charge is -2.36. The smallest absolute Gasteiger partial charge is 0.140 e. The zero-order chi connectivity index (χ0) is 15.6. The normalized spacial score (nSPS) is 20.0. The Bertz CT molecular complexity index is 777. The van der Waals surface area contributed by atoms with E-state index in [-0.39, 0.29) is 0 Å². The average molecular weight is 369 g/mol. The highest BCUT2D eigenvalue weighted by molar-refractivity contribution is 9.10. The first-order valence-corrected chi connectivity index (χ1v) is 8.54. The molecule has 2 heterocycles. The molecule has 116 valence electrons. The van der Waals surface area contributed by atoms with Crippen molar-refractivity contribution in [2.75, 3.05) is 5.32 Å². The lowest BCUT2D eigenvalue weighted by atomic mass is 9.76. The van der Waals surface area contributed by atoms with Gasteiger partial charge in [-0.3, -0.25) is 4.57 Å². The Kier molecular flexibility index (Phi) is 3.87. The molecule has 1 aliphatic rings. The van der Waals surface area contributed by atoms with Crippen LogP contribution in [0.5, 0.6) is 0 Å². The first-order valence-electron chi connectivity index (χ1n) is 7.75. The molecule has 2 aromatic heterocycles. The van der Waals surface area contributed by atoms with Gasteiger partial charge in [0.15, 0.2) is 0 Å². The van der Waals surface area contributed by atoms with E-state index in [2.05, 4.69) is 55.5 Å². The molecule has 0 atom stereocenters. The number of hydrogen-bond donors (Lipinski definition) is 1. The van der Waals surface area contributed by atoms with Crippen LogP contribution in [0.3, 0.4) is 0 Å². The summed E-state index contributed by atoms with van der Waals surface area (Å²) in [6, 6.07) is 15.2. The third kappa shape index (κ3) is 3.15. The van der Waals surface area contributed by atoms with E-state index in [1.165, 1.54) is 5.56 Å². The van der Waals surface area contributed by atoms with Crippen LogP contribution in [0.2, 0.25) is 0 Å². The second kappa shape index (κ2) is 6.16. The van der Waals surface area contributed by atoms with Gasteiger partial charge in [0, 0.05) is 22.9 Å². The van der Waals surface area contributed by atoms with E-state index in [1.807, 2.05) is 29.0 Å². The van der Waals surface area contributed by atoms with E-state index in [9.17, 15) is 0 Å². The van der Waals surface area contributed by atoms with Crippen LogP contribution in [0, 0.1) is 0 Å². The summed E-state index contributed by atoms with van der Waals surface area (Å²) in [6.07, 6.45) is 7.73. The molecule has 1 aliphatic carbocycles. The number of nitrogens with zero attached hydrogens (tertiary/aromatic N) is 3. The Morgan fingerprint density at radius 3 is 2.65 bits per heavy atom. The van der Waals surface area contributed by atoms with E-state index in [1.54, 1.807) is 12.5 Å². The number of nitrogens with one attached hydrogen (secondary N) is 1. The summed E-state index contributed by atoms with van der Waals surface area (Å²) in [5.41, 5.74) is 1.42. The van der Waals surface area contributed by atoms with Gasteiger partial charge < -0.3 is 5.32 Å². The van der Waals surface area contributed by atoms with Gasteiger partial charge in [0.25, 0.3) is 0 Å². The molecule has 1 aromatic carbocycles. The Balaban J connectivity index is 1.39. The summed E-state index contributed by atoms with van der Waals surface area (Å²) in [6.45, 7) is 0. The van der Waals surface area contributed by atoms with E-state index in [0.717, 1.165) is 29.0 Å². The molecule has 3 aromatic rings. The highest BCUT2D eigenvalue weighted by Crippen LogP contribution is 2.38. The topological polar surface area (TPSA) is 42.7 Å². The fourth-order valence-corrected chi connectivity index (χ4v) is 3.26. The predicted molar refractivity (Wildman–Crippen MR) is 94.9 cm³/mol. The number of aromatic nitrogens is 3. The Hall–Kier alpha value is -2.14. The van der Waals surface area contributed by atoms with Crippen molar-refractivity contribution in [3.05, 3.63) is 71.2 Å². The van der Waals surface area contributed by atoms with Crippen molar-refractivity contribution in [3.8, 4) is 5.82 Å². The molecule has 23 heavy (non-hydrogen) atoms. The highest BCUT2D eigenvalue weighted by atomic mass is 79.9. The molecular formula is C18H17BrN4. The summed E-state index contributed by atoms with van der Waals surface area (Å²) >= 11 is 3.49. The summed E-state index contributed by atoms with van der Waals surface area (Å²) in [5.74, 6) is 2.46. The zero-order valence-corrected chi connectivity index (χ0v) is 14.1. The maximum absolute atomic E-state index is 4.65. The van der Waals surface area contributed by atoms with Gasteiger partial charge in [-0.1, -0.05) is 34.1 Å². The standard InChI is InChI=1S/C18H17BrN4/c19-15-6-4-13(5-7-15)14-10-16(11-14)21-17-2-1-3-18(22-17)23-9-8-20-12-23/h1-9,12,14,16H,10-11H2,(H,21,22). The maximum atomic E-state index is 4.65. The van der Waals surface area contributed by atoms with Crippen molar-refractivity contribution < 1.29 is 0 Å². The summed E-state index contributed by atoms with van der Waals surface area (Å²) in [7, 11) is 0. The molecule has 0 saturated heterocycles. The fraction of sp³-hybridized carbons (Fsp3) is 0.222. The van der Waals surface area contributed by atoms with Crippen LogP contribution in [0.15, 0.2) is 65.7 Å². The second-order valence-electron chi connectivity index (χ2n) is 5.91. The van der Waals surface area contributed by atoms with Crippen molar-refractivity contribution in [1.82, 2.24) is 14.5 Å². The van der Waals surface area contributed by atoms with Crippen LogP contribution >= 0.6 is 15.9 Å². The van der Waals surface area contributed by atoms with Crippen molar-refractivity contribution in [3.63, 3.8) is 0 Å². The first-order chi connectivity index (χ1) is 11.3. The summed E-state index contributed by atoms with van der Waals surface area (Å²) in [4.78, 5) is 8.72. The van der Waals surface area contributed by atoms with Gasteiger partial charge in [-0.25, -0.2) is 9.97 Å².